The molecule has 1 atom stereocenters. The standard InChI is InChI=1S/C21H21Cl3N4O2/c1-21(2,3)11-4-5-17-14(6-11)18(27-30-17)20(29)26-13-9-25-28(10-13)19-15(23)7-12(22)8-16(19)24/h7-11H,4-6H2,1-3H3,(H,26,29). The minimum absolute atomic E-state index is 0.154. The van der Waals surface area contributed by atoms with Crippen molar-refractivity contribution in [1.29, 1.82) is 0 Å². The summed E-state index contributed by atoms with van der Waals surface area (Å²) in [7, 11) is 0. The number of hydrogen-bond acceptors (Lipinski definition) is 4. The van der Waals surface area contributed by atoms with Gasteiger partial charge in [0.15, 0.2) is 5.69 Å². The van der Waals surface area contributed by atoms with Crippen LogP contribution in [0.4, 0.5) is 5.69 Å². The normalized spacial score (nSPS) is 16.4. The summed E-state index contributed by atoms with van der Waals surface area (Å²) in [6.07, 6.45) is 5.75. The van der Waals surface area contributed by atoms with E-state index >= 15 is 0 Å². The fraction of sp³-hybridized carbons (Fsp3) is 0.381. The summed E-state index contributed by atoms with van der Waals surface area (Å²) in [5.41, 5.74) is 2.35. The Labute approximate surface area is 189 Å². The van der Waals surface area contributed by atoms with Crippen LogP contribution in [0.25, 0.3) is 5.69 Å². The molecule has 2 aromatic heterocycles. The van der Waals surface area contributed by atoms with Crippen molar-refractivity contribution >= 4 is 46.4 Å². The summed E-state index contributed by atoms with van der Waals surface area (Å²) in [6.45, 7) is 6.66. The molecule has 6 nitrogen and oxygen atoms in total. The van der Waals surface area contributed by atoms with Gasteiger partial charge in [-0.15, -0.1) is 0 Å². The number of aromatic nitrogens is 3. The zero-order valence-corrected chi connectivity index (χ0v) is 19.1. The highest BCUT2D eigenvalue weighted by molar-refractivity contribution is 6.40. The molecule has 30 heavy (non-hydrogen) atoms. The molecule has 1 aromatic carbocycles. The molecule has 4 rings (SSSR count). The van der Waals surface area contributed by atoms with E-state index in [4.69, 9.17) is 39.3 Å². The van der Waals surface area contributed by atoms with Crippen LogP contribution in [0.5, 0.6) is 0 Å². The first-order valence-electron chi connectivity index (χ1n) is 9.62. The number of rotatable bonds is 3. The monoisotopic (exact) mass is 466 g/mol. The van der Waals surface area contributed by atoms with E-state index in [1.54, 1.807) is 18.3 Å². The van der Waals surface area contributed by atoms with Crippen LogP contribution in [0.3, 0.4) is 0 Å². The summed E-state index contributed by atoms with van der Waals surface area (Å²) in [5, 5.41) is 12.3. The second-order valence-corrected chi connectivity index (χ2v) is 9.84. The molecule has 1 unspecified atom stereocenters. The number of amides is 1. The molecule has 0 fully saturated rings. The maximum Gasteiger partial charge on any atom is 0.278 e. The van der Waals surface area contributed by atoms with Gasteiger partial charge in [-0.05, 0) is 36.3 Å². The third-order valence-electron chi connectivity index (χ3n) is 5.53. The molecule has 0 saturated carbocycles. The molecule has 9 heteroatoms. The highest BCUT2D eigenvalue weighted by atomic mass is 35.5. The number of benzene rings is 1. The molecule has 1 amide bonds. The fourth-order valence-electron chi connectivity index (χ4n) is 3.77. The average molecular weight is 468 g/mol. The number of carbonyl (C=O) groups is 1. The lowest BCUT2D eigenvalue weighted by Crippen LogP contribution is -2.27. The zero-order chi connectivity index (χ0) is 21.6. The molecule has 3 aromatic rings. The Morgan fingerprint density at radius 1 is 1.23 bits per heavy atom. The van der Waals surface area contributed by atoms with Crippen LogP contribution >= 0.6 is 34.8 Å². The van der Waals surface area contributed by atoms with Gasteiger partial charge in [0.05, 0.1) is 28.1 Å². The Hall–Kier alpha value is -2.02. The Morgan fingerprint density at radius 3 is 2.60 bits per heavy atom. The number of nitrogens with one attached hydrogen (secondary N) is 1. The van der Waals surface area contributed by atoms with Gasteiger partial charge in [-0.2, -0.15) is 5.10 Å². The molecule has 2 heterocycles. The molecule has 0 bridgehead atoms. The van der Waals surface area contributed by atoms with Crippen LogP contribution in [-0.4, -0.2) is 20.8 Å². The van der Waals surface area contributed by atoms with E-state index in [9.17, 15) is 4.79 Å². The lowest BCUT2D eigenvalue weighted by atomic mass is 9.71. The van der Waals surface area contributed by atoms with Gasteiger partial charge in [0.1, 0.15) is 11.4 Å². The van der Waals surface area contributed by atoms with Crippen molar-refractivity contribution in [3.63, 3.8) is 0 Å². The molecule has 1 aliphatic carbocycles. The predicted octanol–water partition coefficient (Wildman–Crippen LogP) is 6.22. The first-order valence-corrected chi connectivity index (χ1v) is 10.7. The molecule has 1 aliphatic rings. The van der Waals surface area contributed by atoms with Crippen LogP contribution in [-0.2, 0) is 12.8 Å². The number of nitrogens with zero attached hydrogens (tertiary/aromatic N) is 3. The second kappa shape index (κ2) is 7.91. The Balaban J connectivity index is 1.55. The molecular weight excluding hydrogens is 447 g/mol. The van der Waals surface area contributed by atoms with Crippen molar-refractivity contribution in [3.05, 3.63) is 56.6 Å². The summed E-state index contributed by atoms with van der Waals surface area (Å²) >= 11 is 18.5. The Morgan fingerprint density at radius 2 is 1.93 bits per heavy atom. The van der Waals surface area contributed by atoms with Gasteiger partial charge < -0.3 is 9.84 Å². The molecule has 0 radical (unpaired) electrons. The number of fused-ring (bicyclic) bond motifs is 1. The van der Waals surface area contributed by atoms with E-state index in [2.05, 4.69) is 36.3 Å². The van der Waals surface area contributed by atoms with E-state index < -0.39 is 0 Å². The minimum Gasteiger partial charge on any atom is -0.360 e. The number of halogens is 3. The van der Waals surface area contributed by atoms with Gasteiger partial charge in [0, 0.05) is 17.0 Å². The quantitative estimate of drug-likeness (QED) is 0.496. The molecule has 1 N–H and O–H groups in total. The van der Waals surface area contributed by atoms with Crippen molar-refractivity contribution in [1.82, 2.24) is 14.9 Å². The van der Waals surface area contributed by atoms with E-state index in [0.29, 0.717) is 38.1 Å². The number of carbonyl (C=O) groups excluding carboxylic acids is 1. The maximum absolute atomic E-state index is 12.9. The summed E-state index contributed by atoms with van der Waals surface area (Å²) < 4.78 is 6.94. The van der Waals surface area contributed by atoms with Crippen LogP contribution in [0, 0.1) is 11.3 Å². The molecule has 158 valence electrons. The van der Waals surface area contributed by atoms with Crippen molar-refractivity contribution in [2.24, 2.45) is 11.3 Å². The van der Waals surface area contributed by atoms with Gasteiger partial charge in [0.2, 0.25) is 0 Å². The van der Waals surface area contributed by atoms with Gasteiger partial charge in [-0.25, -0.2) is 4.68 Å². The van der Waals surface area contributed by atoms with Crippen molar-refractivity contribution in [2.45, 2.75) is 40.0 Å². The molecule has 0 spiro atoms. The van der Waals surface area contributed by atoms with Crippen LogP contribution in [0.15, 0.2) is 29.0 Å². The van der Waals surface area contributed by atoms with Gasteiger partial charge >= 0.3 is 0 Å². The SMILES string of the molecule is CC(C)(C)C1CCc2onc(C(=O)Nc3cnn(-c4c(Cl)cc(Cl)cc4Cl)c3)c2C1. The van der Waals surface area contributed by atoms with Gasteiger partial charge in [0.25, 0.3) is 5.91 Å². The van der Waals surface area contributed by atoms with E-state index in [1.165, 1.54) is 10.9 Å². The third-order valence-corrected chi connectivity index (χ3v) is 6.33. The summed E-state index contributed by atoms with van der Waals surface area (Å²) in [6, 6.07) is 3.16. The van der Waals surface area contributed by atoms with E-state index in [0.717, 1.165) is 30.6 Å². The third kappa shape index (κ3) is 4.09. The van der Waals surface area contributed by atoms with Crippen LogP contribution < -0.4 is 5.32 Å². The van der Waals surface area contributed by atoms with Crippen LogP contribution in [0.1, 0.15) is 49.0 Å². The predicted molar refractivity (Wildman–Crippen MR) is 118 cm³/mol. The summed E-state index contributed by atoms with van der Waals surface area (Å²) in [5.74, 6) is 0.936. The molecular formula is C21H21Cl3N4O2. The first kappa shape index (κ1) is 21.2. The van der Waals surface area contributed by atoms with Gasteiger partial charge in [-0.1, -0.05) is 60.7 Å². The zero-order valence-electron chi connectivity index (χ0n) is 16.8. The van der Waals surface area contributed by atoms with Crippen molar-refractivity contribution in [3.8, 4) is 5.69 Å². The molecule has 0 aliphatic heterocycles. The second-order valence-electron chi connectivity index (χ2n) is 8.58. The number of hydrogen-bond donors (Lipinski definition) is 1. The Kier molecular flexibility index (Phi) is 5.60. The van der Waals surface area contributed by atoms with Crippen molar-refractivity contribution in [2.75, 3.05) is 5.32 Å². The summed E-state index contributed by atoms with van der Waals surface area (Å²) in [4.78, 5) is 12.9. The van der Waals surface area contributed by atoms with Crippen LogP contribution in [0.2, 0.25) is 15.1 Å². The number of anilines is 1. The first-order chi connectivity index (χ1) is 14.1. The smallest absolute Gasteiger partial charge is 0.278 e. The largest absolute Gasteiger partial charge is 0.360 e. The van der Waals surface area contributed by atoms with Gasteiger partial charge in [-0.3, -0.25) is 4.79 Å². The van der Waals surface area contributed by atoms with E-state index in [1.807, 2.05) is 0 Å². The number of aryl methyl sites for hydroxylation is 1. The minimum atomic E-state index is -0.331. The topological polar surface area (TPSA) is 73.0 Å². The lowest BCUT2D eigenvalue weighted by molar-refractivity contribution is 0.101. The fourth-order valence-corrected chi connectivity index (χ4v) is 4.77. The van der Waals surface area contributed by atoms with Crippen molar-refractivity contribution < 1.29 is 9.32 Å². The van der Waals surface area contributed by atoms with E-state index in [-0.39, 0.29) is 11.3 Å². The highest BCUT2D eigenvalue weighted by Gasteiger charge is 2.34. The Bertz CT molecular complexity index is 1090. The highest BCUT2D eigenvalue weighted by Crippen LogP contribution is 2.38. The molecule has 0 saturated heterocycles. The average Bonchev–Trinajstić information content (AvgIpc) is 3.26. The lowest BCUT2D eigenvalue weighted by Gasteiger charge is -2.33. The maximum atomic E-state index is 12.9.